The van der Waals surface area contributed by atoms with Crippen LogP contribution in [0.1, 0.15) is 33.6 Å². The van der Waals surface area contributed by atoms with Crippen molar-refractivity contribution in [2.75, 3.05) is 19.6 Å². The third kappa shape index (κ3) is 2.66. The molecule has 13 heavy (non-hydrogen) atoms. The summed E-state index contributed by atoms with van der Waals surface area (Å²) in [4.78, 5) is 2.31. The SMILES string of the molecule is CC(C)(C)N1CCCC(O)(CN)C1. The van der Waals surface area contributed by atoms with Crippen molar-refractivity contribution in [1.29, 1.82) is 0 Å². The van der Waals surface area contributed by atoms with Gasteiger partial charge in [-0.25, -0.2) is 0 Å². The molecule has 1 heterocycles. The van der Waals surface area contributed by atoms with Crippen molar-refractivity contribution in [1.82, 2.24) is 4.90 Å². The molecule has 1 atom stereocenters. The Labute approximate surface area is 80.9 Å². The van der Waals surface area contributed by atoms with Gasteiger partial charge < -0.3 is 10.8 Å². The number of hydrogen-bond donors (Lipinski definition) is 2. The van der Waals surface area contributed by atoms with Crippen LogP contribution in [0.4, 0.5) is 0 Å². The molecular formula is C10H22N2O. The average Bonchev–Trinajstić information content (AvgIpc) is 2.03. The highest BCUT2D eigenvalue weighted by molar-refractivity contribution is 4.92. The maximum atomic E-state index is 10.0. The monoisotopic (exact) mass is 186 g/mol. The molecular weight excluding hydrogens is 164 g/mol. The number of nitrogens with zero attached hydrogens (tertiary/aromatic N) is 1. The molecule has 0 aromatic carbocycles. The van der Waals surface area contributed by atoms with Gasteiger partial charge in [0.15, 0.2) is 0 Å². The van der Waals surface area contributed by atoms with Crippen molar-refractivity contribution in [3.8, 4) is 0 Å². The minimum absolute atomic E-state index is 0.142. The van der Waals surface area contributed by atoms with E-state index < -0.39 is 5.60 Å². The summed E-state index contributed by atoms with van der Waals surface area (Å²) in [5, 5.41) is 10.0. The third-order valence-electron chi connectivity index (χ3n) is 2.88. The Kier molecular flexibility index (Phi) is 3.00. The van der Waals surface area contributed by atoms with Gasteiger partial charge in [-0.05, 0) is 40.2 Å². The third-order valence-corrected chi connectivity index (χ3v) is 2.88. The zero-order chi connectivity index (χ0) is 10.1. The Bertz CT molecular complexity index is 176. The van der Waals surface area contributed by atoms with E-state index in [0.717, 1.165) is 19.4 Å². The van der Waals surface area contributed by atoms with E-state index in [1.807, 2.05) is 0 Å². The lowest BCUT2D eigenvalue weighted by atomic mass is 9.90. The van der Waals surface area contributed by atoms with Crippen LogP contribution in [0.25, 0.3) is 0 Å². The molecule has 3 heteroatoms. The van der Waals surface area contributed by atoms with Crippen LogP contribution in [0.2, 0.25) is 0 Å². The highest BCUT2D eigenvalue weighted by Crippen LogP contribution is 2.25. The molecule has 0 saturated carbocycles. The first-order valence-corrected chi connectivity index (χ1v) is 5.05. The summed E-state index contributed by atoms with van der Waals surface area (Å²) < 4.78 is 0. The van der Waals surface area contributed by atoms with Crippen LogP contribution < -0.4 is 5.73 Å². The summed E-state index contributed by atoms with van der Waals surface area (Å²) in [5.74, 6) is 0. The number of β-amino-alcohol motifs (C(OH)–C–C–N with tert-alkyl or cyclic N) is 1. The van der Waals surface area contributed by atoms with Crippen LogP contribution in [0.5, 0.6) is 0 Å². The molecule has 0 aliphatic carbocycles. The van der Waals surface area contributed by atoms with Crippen LogP contribution in [0, 0.1) is 0 Å². The molecule has 0 aromatic rings. The summed E-state index contributed by atoms with van der Waals surface area (Å²) in [7, 11) is 0. The first kappa shape index (κ1) is 11.0. The Morgan fingerprint density at radius 1 is 1.46 bits per heavy atom. The Morgan fingerprint density at radius 2 is 2.08 bits per heavy atom. The summed E-state index contributed by atoms with van der Waals surface area (Å²) >= 11 is 0. The average molecular weight is 186 g/mol. The number of aliphatic hydroxyl groups is 1. The number of piperidine rings is 1. The zero-order valence-electron chi connectivity index (χ0n) is 9.01. The summed E-state index contributed by atoms with van der Waals surface area (Å²) in [6, 6.07) is 0. The van der Waals surface area contributed by atoms with Crippen molar-refractivity contribution in [2.45, 2.75) is 44.8 Å². The minimum Gasteiger partial charge on any atom is -0.387 e. The molecule has 0 aromatic heterocycles. The lowest BCUT2D eigenvalue weighted by Gasteiger charge is -2.45. The largest absolute Gasteiger partial charge is 0.387 e. The van der Waals surface area contributed by atoms with Crippen LogP contribution in [0.15, 0.2) is 0 Å². The Hall–Kier alpha value is -0.120. The molecule has 0 amide bonds. The zero-order valence-corrected chi connectivity index (χ0v) is 9.01. The first-order valence-electron chi connectivity index (χ1n) is 5.05. The molecule has 78 valence electrons. The van der Waals surface area contributed by atoms with E-state index in [-0.39, 0.29) is 5.54 Å². The van der Waals surface area contributed by atoms with E-state index in [2.05, 4.69) is 25.7 Å². The van der Waals surface area contributed by atoms with E-state index in [4.69, 9.17) is 5.73 Å². The van der Waals surface area contributed by atoms with Gasteiger partial charge in [0.05, 0.1) is 5.60 Å². The van der Waals surface area contributed by atoms with E-state index in [0.29, 0.717) is 13.1 Å². The topological polar surface area (TPSA) is 49.5 Å². The molecule has 0 radical (unpaired) electrons. The van der Waals surface area contributed by atoms with Gasteiger partial charge >= 0.3 is 0 Å². The van der Waals surface area contributed by atoms with Crippen molar-refractivity contribution in [3.05, 3.63) is 0 Å². The van der Waals surface area contributed by atoms with Gasteiger partial charge in [-0.2, -0.15) is 0 Å². The molecule has 0 spiro atoms. The van der Waals surface area contributed by atoms with Gasteiger partial charge in [0.25, 0.3) is 0 Å². The second-order valence-electron chi connectivity index (χ2n) is 5.12. The lowest BCUT2D eigenvalue weighted by molar-refractivity contribution is -0.0508. The highest BCUT2D eigenvalue weighted by Gasteiger charge is 2.35. The quantitative estimate of drug-likeness (QED) is 0.629. The Balaban J connectivity index is 2.62. The van der Waals surface area contributed by atoms with E-state index in [1.165, 1.54) is 0 Å². The molecule has 3 N–H and O–H groups in total. The molecule has 1 saturated heterocycles. The van der Waals surface area contributed by atoms with E-state index in [1.54, 1.807) is 0 Å². The second kappa shape index (κ2) is 3.56. The van der Waals surface area contributed by atoms with Crippen molar-refractivity contribution < 1.29 is 5.11 Å². The first-order chi connectivity index (χ1) is 5.87. The molecule has 0 bridgehead atoms. The van der Waals surface area contributed by atoms with Gasteiger partial charge in [0.1, 0.15) is 0 Å². The maximum Gasteiger partial charge on any atom is 0.0896 e. The van der Waals surface area contributed by atoms with Gasteiger partial charge in [-0.3, -0.25) is 4.90 Å². The molecule has 1 rings (SSSR count). The lowest BCUT2D eigenvalue weighted by Crippen LogP contribution is -2.57. The van der Waals surface area contributed by atoms with Crippen LogP contribution in [-0.2, 0) is 0 Å². The van der Waals surface area contributed by atoms with Crippen LogP contribution >= 0.6 is 0 Å². The minimum atomic E-state index is -0.647. The normalized spacial score (nSPS) is 32.1. The molecule has 1 aliphatic rings. The maximum absolute atomic E-state index is 10.0. The Morgan fingerprint density at radius 3 is 2.54 bits per heavy atom. The second-order valence-corrected chi connectivity index (χ2v) is 5.12. The number of hydrogen-bond acceptors (Lipinski definition) is 3. The summed E-state index contributed by atoms with van der Waals surface area (Å²) in [6.07, 6.45) is 1.89. The standard InChI is InChI=1S/C10H22N2O/c1-9(2,3)12-6-4-5-10(13,7-11)8-12/h13H,4-8,11H2,1-3H3. The van der Waals surface area contributed by atoms with Crippen LogP contribution in [0.3, 0.4) is 0 Å². The van der Waals surface area contributed by atoms with Gasteiger partial charge in [-0.1, -0.05) is 0 Å². The number of nitrogens with two attached hydrogens (primary N) is 1. The predicted molar refractivity (Wildman–Crippen MR) is 54.6 cm³/mol. The van der Waals surface area contributed by atoms with Crippen molar-refractivity contribution in [3.63, 3.8) is 0 Å². The van der Waals surface area contributed by atoms with E-state index >= 15 is 0 Å². The van der Waals surface area contributed by atoms with Crippen molar-refractivity contribution in [2.24, 2.45) is 5.73 Å². The number of likely N-dealkylation sites (tertiary alicyclic amines) is 1. The summed E-state index contributed by atoms with van der Waals surface area (Å²) in [5.41, 5.74) is 5.06. The fraction of sp³-hybridized carbons (Fsp3) is 1.00. The summed E-state index contributed by atoms with van der Waals surface area (Å²) in [6.45, 7) is 8.69. The smallest absolute Gasteiger partial charge is 0.0896 e. The fourth-order valence-corrected chi connectivity index (χ4v) is 1.85. The predicted octanol–water partition coefficient (Wildman–Crippen LogP) is 0.571. The van der Waals surface area contributed by atoms with Gasteiger partial charge in [0, 0.05) is 18.6 Å². The molecule has 3 nitrogen and oxygen atoms in total. The molecule has 1 unspecified atom stereocenters. The van der Waals surface area contributed by atoms with Crippen LogP contribution in [-0.4, -0.2) is 40.8 Å². The number of rotatable bonds is 1. The molecule has 1 fully saturated rings. The van der Waals surface area contributed by atoms with Crippen molar-refractivity contribution >= 4 is 0 Å². The fourth-order valence-electron chi connectivity index (χ4n) is 1.85. The molecule has 1 aliphatic heterocycles. The van der Waals surface area contributed by atoms with Gasteiger partial charge in [0.2, 0.25) is 0 Å². The van der Waals surface area contributed by atoms with Gasteiger partial charge in [-0.15, -0.1) is 0 Å². The van der Waals surface area contributed by atoms with E-state index in [9.17, 15) is 5.11 Å². The highest BCUT2D eigenvalue weighted by atomic mass is 16.3.